The highest BCUT2D eigenvalue weighted by molar-refractivity contribution is 5.63. The number of aromatic nitrogens is 3. The molecule has 90 valence electrons. The van der Waals surface area contributed by atoms with Gasteiger partial charge in [-0.3, -0.25) is 0 Å². The van der Waals surface area contributed by atoms with Crippen LogP contribution in [0.2, 0.25) is 0 Å². The van der Waals surface area contributed by atoms with E-state index in [2.05, 4.69) is 33.7 Å². The lowest BCUT2D eigenvalue weighted by Gasteiger charge is -2.19. The number of pyridine rings is 1. The summed E-state index contributed by atoms with van der Waals surface area (Å²) in [6.45, 7) is 6.12. The van der Waals surface area contributed by atoms with Crippen molar-refractivity contribution in [1.29, 1.82) is 0 Å². The number of nitrogen functional groups attached to an aromatic ring is 1. The molecular weight excluding hydrogens is 214 g/mol. The van der Waals surface area contributed by atoms with Gasteiger partial charge in [-0.25, -0.2) is 9.97 Å². The van der Waals surface area contributed by atoms with Crippen LogP contribution in [-0.2, 0) is 0 Å². The van der Waals surface area contributed by atoms with Crippen LogP contribution >= 0.6 is 0 Å². The molecule has 0 aromatic carbocycles. The van der Waals surface area contributed by atoms with E-state index >= 15 is 0 Å². The van der Waals surface area contributed by atoms with Crippen LogP contribution in [-0.4, -0.2) is 28.0 Å². The summed E-state index contributed by atoms with van der Waals surface area (Å²) in [6.07, 6.45) is 3.54. The SMILES string of the molecule is CCN(CC)c1cc(-c2cnc(N)[nH]2)ccn1. The molecule has 0 atom stereocenters. The molecule has 0 unspecified atom stereocenters. The van der Waals surface area contributed by atoms with E-state index in [0.717, 1.165) is 30.2 Å². The smallest absolute Gasteiger partial charge is 0.197 e. The molecule has 0 fully saturated rings. The maximum atomic E-state index is 5.57. The third-order valence-corrected chi connectivity index (χ3v) is 2.74. The van der Waals surface area contributed by atoms with Crippen LogP contribution in [0.3, 0.4) is 0 Å². The molecule has 2 aromatic rings. The van der Waals surface area contributed by atoms with Crippen molar-refractivity contribution in [1.82, 2.24) is 15.0 Å². The van der Waals surface area contributed by atoms with Crippen molar-refractivity contribution in [2.75, 3.05) is 23.7 Å². The minimum Gasteiger partial charge on any atom is -0.369 e. The Kier molecular flexibility index (Phi) is 3.27. The fourth-order valence-corrected chi connectivity index (χ4v) is 1.79. The number of rotatable bonds is 4. The number of nitrogens with zero attached hydrogens (tertiary/aromatic N) is 3. The predicted molar refractivity (Wildman–Crippen MR) is 69.8 cm³/mol. The molecule has 0 saturated heterocycles. The van der Waals surface area contributed by atoms with Crippen molar-refractivity contribution in [3.63, 3.8) is 0 Å². The van der Waals surface area contributed by atoms with Gasteiger partial charge in [0.1, 0.15) is 5.82 Å². The molecule has 2 heterocycles. The molecule has 0 bridgehead atoms. The summed E-state index contributed by atoms with van der Waals surface area (Å²) < 4.78 is 0. The van der Waals surface area contributed by atoms with Crippen LogP contribution in [0.4, 0.5) is 11.8 Å². The molecule has 0 spiro atoms. The second kappa shape index (κ2) is 4.86. The Morgan fingerprint density at radius 1 is 1.29 bits per heavy atom. The number of anilines is 2. The quantitative estimate of drug-likeness (QED) is 0.843. The molecule has 2 rings (SSSR count). The standard InChI is InChI=1S/C12H17N5/c1-3-17(4-2)11-7-9(5-6-14-11)10-8-15-12(13)16-10/h5-8H,3-4H2,1-2H3,(H3,13,15,16). The van der Waals surface area contributed by atoms with E-state index in [4.69, 9.17) is 5.73 Å². The van der Waals surface area contributed by atoms with Crippen molar-refractivity contribution in [3.05, 3.63) is 24.5 Å². The second-order valence-electron chi connectivity index (χ2n) is 3.76. The maximum absolute atomic E-state index is 5.57. The highest BCUT2D eigenvalue weighted by atomic mass is 15.2. The minimum atomic E-state index is 0.432. The number of hydrogen-bond acceptors (Lipinski definition) is 4. The molecule has 0 aliphatic carbocycles. The first-order valence-corrected chi connectivity index (χ1v) is 5.76. The third-order valence-electron chi connectivity index (χ3n) is 2.74. The summed E-state index contributed by atoms with van der Waals surface area (Å²) in [5, 5.41) is 0. The van der Waals surface area contributed by atoms with E-state index in [1.54, 1.807) is 12.4 Å². The molecule has 0 aliphatic rings. The lowest BCUT2D eigenvalue weighted by Crippen LogP contribution is -2.22. The van der Waals surface area contributed by atoms with E-state index in [1.165, 1.54) is 0 Å². The minimum absolute atomic E-state index is 0.432. The van der Waals surface area contributed by atoms with Crippen LogP contribution < -0.4 is 10.6 Å². The molecule has 0 amide bonds. The Labute approximate surface area is 101 Å². The topological polar surface area (TPSA) is 70.8 Å². The monoisotopic (exact) mass is 231 g/mol. The van der Waals surface area contributed by atoms with Crippen molar-refractivity contribution in [3.8, 4) is 11.3 Å². The van der Waals surface area contributed by atoms with Crippen molar-refractivity contribution in [2.24, 2.45) is 0 Å². The lowest BCUT2D eigenvalue weighted by molar-refractivity contribution is 0.846. The van der Waals surface area contributed by atoms with Crippen LogP contribution in [0, 0.1) is 0 Å². The van der Waals surface area contributed by atoms with Crippen molar-refractivity contribution < 1.29 is 0 Å². The van der Waals surface area contributed by atoms with E-state index < -0.39 is 0 Å². The fraction of sp³-hybridized carbons (Fsp3) is 0.333. The predicted octanol–water partition coefficient (Wildman–Crippen LogP) is 1.90. The first kappa shape index (κ1) is 11.4. The zero-order valence-corrected chi connectivity index (χ0v) is 10.1. The average Bonchev–Trinajstić information content (AvgIpc) is 2.78. The van der Waals surface area contributed by atoms with Gasteiger partial charge in [-0.2, -0.15) is 0 Å². The Balaban J connectivity index is 2.34. The van der Waals surface area contributed by atoms with E-state index in [-0.39, 0.29) is 0 Å². The van der Waals surface area contributed by atoms with E-state index in [0.29, 0.717) is 5.95 Å². The van der Waals surface area contributed by atoms with E-state index in [9.17, 15) is 0 Å². The summed E-state index contributed by atoms with van der Waals surface area (Å²) in [6, 6.07) is 3.99. The second-order valence-corrected chi connectivity index (χ2v) is 3.76. The number of imidazole rings is 1. The normalized spacial score (nSPS) is 10.5. The van der Waals surface area contributed by atoms with Gasteiger partial charge in [0.2, 0.25) is 0 Å². The van der Waals surface area contributed by atoms with Gasteiger partial charge in [-0.05, 0) is 26.0 Å². The van der Waals surface area contributed by atoms with Gasteiger partial charge in [0.05, 0.1) is 11.9 Å². The molecule has 5 heteroatoms. The van der Waals surface area contributed by atoms with Crippen molar-refractivity contribution in [2.45, 2.75) is 13.8 Å². The number of H-pyrrole nitrogens is 1. The highest BCUT2D eigenvalue weighted by Gasteiger charge is 2.06. The van der Waals surface area contributed by atoms with Gasteiger partial charge in [0, 0.05) is 24.8 Å². The van der Waals surface area contributed by atoms with Gasteiger partial charge in [0.15, 0.2) is 5.95 Å². The van der Waals surface area contributed by atoms with Crippen LogP contribution in [0.1, 0.15) is 13.8 Å². The molecule has 2 aromatic heterocycles. The molecule has 0 aliphatic heterocycles. The van der Waals surface area contributed by atoms with Crippen LogP contribution in [0.5, 0.6) is 0 Å². The molecule has 5 nitrogen and oxygen atoms in total. The summed E-state index contributed by atoms with van der Waals surface area (Å²) in [5.74, 6) is 1.40. The van der Waals surface area contributed by atoms with Crippen molar-refractivity contribution >= 4 is 11.8 Å². The largest absolute Gasteiger partial charge is 0.369 e. The zero-order chi connectivity index (χ0) is 12.3. The summed E-state index contributed by atoms with van der Waals surface area (Å²) >= 11 is 0. The summed E-state index contributed by atoms with van der Waals surface area (Å²) in [4.78, 5) is 13.6. The Morgan fingerprint density at radius 3 is 2.65 bits per heavy atom. The Hall–Kier alpha value is -2.04. The van der Waals surface area contributed by atoms with E-state index in [1.807, 2.05) is 12.1 Å². The zero-order valence-electron chi connectivity index (χ0n) is 10.1. The van der Waals surface area contributed by atoms with Gasteiger partial charge in [-0.15, -0.1) is 0 Å². The number of hydrogen-bond donors (Lipinski definition) is 2. The molecule has 0 radical (unpaired) electrons. The number of nitrogens with two attached hydrogens (primary N) is 1. The lowest BCUT2D eigenvalue weighted by atomic mass is 10.2. The molecule has 0 saturated carbocycles. The Bertz CT molecular complexity index is 487. The van der Waals surface area contributed by atoms with Gasteiger partial charge in [0.25, 0.3) is 0 Å². The van der Waals surface area contributed by atoms with Gasteiger partial charge < -0.3 is 15.6 Å². The number of aromatic amines is 1. The van der Waals surface area contributed by atoms with Gasteiger partial charge >= 0.3 is 0 Å². The van der Waals surface area contributed by atoms with Gasteiger partial charge in [-0.1, -0.05) is 0 Å². The molecular formula is C12H17N5. The summed E-state index contributed by atoms with van der Waals surface area (Å²) in [7, 11) is 0. The van der Waals surface area contributed by atoms with Crippen LogP contribution in [0.15, 0.2) is 24.5 Å². The summed E-state index contributed by atoms with van der Waals surface area (Å²) in [5.41, 5.74) is 7.54. The maximum Gasteiger partial charge on any atom is 0.197 e. The first-order valence-electron chi connectivity index (χ1n) is 5.76. The Morgan fingerprint density at radius 2 is 2.06 bits per heavy atom. The van der Waals surface area contributed by atoms with Crippen LogP contribution in [0.25, 0.3) is 11.3 Å². The molecule has 17 heavy (non-hydrogen) atoms. The fourth-order valence-electron chi connectivity index (χ4n) is 1.79. The average molecular weight is 231 g/mol. The number of nitrogens with one attached hydrogen (secondary N) is 1. The first-order chi connectivity index (χ1) is 8.24. The highest BCUT2D eigenvalue weighted by Crippen LogP contribution is 2.21. The third kappa shape index (κ3) is 2.38. The molecule has 3 N–H and O–H groups in total.